The van der Waals surface area contributed by atoms with Gasteiger partial charge in [0.25, 0.3) is 11.5 Å². The summed E-state index contributed by atoms with van der Waals surface area (Å²) in [7, 11) is 0. The van der Waals surface area contributed by atoms with Gasteiger partial charge in [-0.25, -0.2) is 4.98 Å². The van der Waals surface area contributed by atoms with Crippen molar-refractivity contribution in [3.63, 3.8) is 0 Å². The number of piperidine rings is 1. The highest BCUT2D eigenvalue weighted by atomic mass is 16.2. The number of likely N-dealkylation sites (tertiary alicyclic amines) is 1. The molecule has 1 aliphatic heterocycles. The highest BCUT2D eigenvalue weighted by molar-refractivity contribution is 6.04. The number of hydrogen-bond donors (Lipinski definition) is 1. The summed E-state index contributed by atoms with van der Waals surface area (Å²) in [5.41, 5.74) is 2.79. The van der Waals surface area contributed by atoms with Gasteiger partial charge in [0.1, 0.15) is 0 Å². The normalized spacial score (nSPS) is 14.8. The summed E-state index contributed by atoms with van der Waals surface area (Å²) in [5.74, 6) is 0.280. The molecule has 0 unspecified atom stereocenters. The molecule has 156 valence electrons. The maximum absolute atomic E-state index is 12.9. The average Bonchev–Trinajstić information content (AvgIpc) is 3.25. The third-order valence-electron chi connectivity index (χ3n) is 5.89. The Morgan fingerprint density at radius 2 is 1.87 bits per heavy atom. The molecule has 1 aromatic carbocycles. The molecule has 1 amide bonds. The van der Waals surface area contributed by atoms with Gasteiger partial charge in [-0.1, -0.05) is 18.2 Å². The Labute approximate surface area is 178 Å². The highest BCUT2D eigenvalue weighted by Crippen LogP contribution is 2.23. The van der Waals surface area contributed by atoms with Gasteiger partial charge in [0.2, 0.25) is 0 Å². The minimum Gasteiger partial charge on any atom is -0.337 e. The van der Waals surface area contributed by atoms with Crippen LogP contribution >= 0.6 is 0 Å². The van der Waals surface area contributed by atoms with Crippen LogP contribution in [-0.2, 0) is 6.54 Å². The summed E-state index contributed by atoms with van der Waals surface area (Å²) in [6.07, 6.45) is 6.66. The first-order chi connectivity index (χ1) is 15.2. The maximum Gasteiger partial charge on any atom is 0.274 e. The van der Waals surface area contributed by atoms with E-state index in [-0.39, 0.29) is 11.5 Å². The first-order valence-electron chi connectivity index (χ1n) is 10.4. The Bertz CT molecular complexity index is 1270. The predicted octanol–water partition coefficient (Wildman–Crippen LogP) is 2.73. The molecule has 1 aliphatic rings. The van der Waals surface area contributed by atoms with Crippen LogP contribution in [0.1, 0.15) is 23.3 Å². The van der Waals surface area contributed by atoms with E-state index < -0.39 is 0 Å². The van der Waals surface area contributed by atoms with Crippen molar-refractivity contribution < 1.29 is 4.79 Å². The lowest BCUT2D eigenvalue weighted by Gasteiger charge is -2.31. The topological polar surface area (TPSA) is 96.8 Å². The van der Waals surface area contributed by atoms with Crippen molar-refractivity contribution in [1.29, 1.82) is 0 Å². The molecule has 1 saturated heterocycles. The summed E-state index contributed by atoms with van der Waals surface area (Å²) in [6, 6.07) is 12.9. The maximum atomic E-state index is 12.9. The van der Waals surface area contributed by atoms with Crippen molar-refractivity contribution in [2.75, 3.05) is 13.1 Å². The molecular weight excluding hydrogens is 392 g/mol. The Balaban J connectivity index is 1.23. The van der Waals surface area contributed by atoms with E-state index in [1.54, 1.807) is 29.4 Å². The van der Waals surface area contributed by atoms with Gasteiger partial charge in [-0.3, -0.25) is 24.2 Å². The lowest BCUT2D eigenvalue weighted by atomic mass is 9.96. The number of hydrogen-bond acceptors (Lipinski definition) is 5. The molecule has 3 aromatic heterocycles. The van der Waals surface area contributed by atoms with Crippen LogP contribution in [0.5, 0.6) is 0 Å². The molecular formula is C23H22N6O2. The molecule has 0 bridgehead atoms. The minimum atomic E-state index is -0.0664. The van der Waals surface area contributed by atoms with E-state index >= 15 is 0 Å². The van der Waals surface area contributed by atoms with E-state index in [4.69, 9.17) is 0 Å². The molecule has 8 heteroatoms. The number of pyridine rings is 1. The van der Waals surface area contributed by atoms with E-state index in [2.05, 4.69) is 20.2 Å². The van der Waals surface area contributed by atoms with E-state index in [0.717, 1.165) is 29.3 Å². The molecule has 5 rings (SSSR count). The molecule has 0 atom stereocenters. The number of carbonyl (C=O) groups excluding carboxylic acids is 1. The molecule has 4 heterocycles. The number of nitrogens with one attached hydrogen (secondary N) is 1. The number of nitrogens with zero attached hydrogens (tertiary/aromatic N) is 5. The van der Waals surface area contributed by atoms with Crippen LogP contribution in [0, 0.1) is 5.92 Å². The number of carbonyl (C=O) groups is 1. The first-order valence-corrected chi connectivity index (χ1v) is 10.4. The van der Waals surface area contributed by atoms with E-state index in [1.165, 1.54) is 0 Å². The third kappa shape index (κ3) is 3.84. The van der Waals surface area contributed by atoms with Crippen LogP contribution in [-0.4, -0.2) is 48.6 Å². The Morgan fingerprint density at radius 3 is 2.65 bits per heavy atom. The largest absolute Gasteiger partial charge is 0.337 e. The molecule has 4 aromatic rings. The number of fused-ring (bicyclic) bond motifs is 1. The van der Waals surface area contributed by atoms with E-state index in [9.17, 15) is 9.59 Å². The molecule has 1 N–H and O–H groups in total. The van der Waals surface area contributed by atoms with Crippen LogP contribution < -0.4 is 5.56 Å². The number of rotatable bonds is 4. The zero-order valence-electron chi connectivity index (χ0n) is 16.9. The zero-order valence-corrected chi connectivity index (χ0v) is 16.9. The van der Waals surface area contributed by atoms with Crippen molar-refractivity contribution >= 4 is 16.8 Å². The highest BCUT2D eigenvalue weighted by Gasteiger charge is 2.26. The SMILES string of the molecule is O=C(c1n[nH]c2ccccc12)N1CCC(Cn2cnc(-c3ccncc3)cc2=O)CC1. The number of para-hydroxylation sites is 1. The van der Waals surface area contributed by atoms with Gasteiger partial charge in [-0.15, -0.1) is 0 Å². The van der Waals surface area contributed by atoms with Crippen LogP contribution in [0.3, 0.4) is 0 Å². The van der Waals surface area contributed by atoms with Crippen LogP contribution in [0.2, 0.25) is 0 Å². The molecule has 0 radical (unpaired) electrons. The third-order valence-corrected chi connectivity index (χ3v) is 5.89. The minimum absolute atomic E-state index is 0.0450. The Kier molecular flexibility index (Phi) is 5.03. The van der Waals surface area contributed by atoms with Crippen molar-refractivity contribution in [3.05, 3.63) is 77.2 Å². The summed E-state index contributed by atoms with van der Waals surface area (Å²) >= 11 is 0. The van der Waals surface area contributed by atoms with Crippen molar-refractivity contribution in [3.8, 4) is 11.3 Å². The number of aromatic nitrogens is 5. The van der Waals surface area contributed by atoms with Gasteiger partial charge in [0.05, 0.1) is 17.5 Å². The summed E-state index contributed by atoms with van der Waals surface area (Å²) in [6.45, 7) is 1.92. The summed E-state index contributed by atoms with van der Waals surface area (Å²) in [4.78, 5) is 35.8. The second kappa shape index (κ2) is 8.14. The number of H-pyrrole nitrogens is 1. The molecule has 8 nitrogen and oxygen atoms in total. The molecule has 0 aliphatic carbocycles. The quantitative estimate of drug-likeness (QED) is 0.554. The van der Waals surface area contributed by atoms with Gasteiger partial charge < -0.3 is 4.90 Å². The number of benzene rings is 1. The lowest BCUT2D eigenvalue weighted by Crippen LogP contribution is -2.40. The smallest absolute Gasteiger partial charge is 0.274 e. The zero-order chi connectivity index (χ0) is 21.2. The van der Waals surface area contributed by atoms with E-state index in [1.807, 2.05) is 41.3 Å². The van der Waals surface area contributed by atoms with Crippen molar-refractivity contribution in [1.82, 2.24) is 29.6 Å². The average molecular weight is 414 g/mol. The molecule has 31 heavy (non-hydrogen) atoms. The second-order valence-corrected chi connectivity index (χ2v) is 7.85. The van der Waals surface area contributed by atoms with Gasteiger partial charge in [0.15, 0.2) is 5.69 Å². The molecule has 0 saturated carbocycles. The molecule has 0 spiro atoms. The van der Waals surface area contributed by atoms with Crippen LogP contribution in [0.4, 0.5) is 0 Å². The van der Waals surface area contributed by atoms with Crippen LogP contribution in [0.25, 0.3) is 22.2 Å². The standard InChI is InChI=1S/C23H22N6O2/c30-21-13-20(17-5-9-24-10-6-17)25-15-29(21)14-16-7-11-28(12-8-16)23(31)22-18-3-1-2-4-19(18)26-27-22/h1-6,9-10,13,15-16H,7-8,11-12,14H2,(H,26,27). The molecule has 1 fully saturated rings. The fourth-order valence-electron chi connectivity index (χ4n) is 4.12. The van der Waals surface area contributed by atoms with Crippen molar-refractivity contribution in [2.24, 2.45) is 5.92 Å². The monoisotopic (exact) mass is 414 g/mol. The Morgan fingerprint density at radius 1 is 1.10 bits per heavy atom. The van der Waals surface area contributed by atoms with Gasteiger partial charge in [0, 0.05) is 49.0 Å². The van der Waals surface area contributed by atoms with Crippen molar-refractivity contribution in [2.45, 2.75) is 19.4 Å². The fourth-order valence-corrected chi connectivity index (χ4v) is 4.12. The second-order valence-electron chi connectivity index (χ2n) is 7.85. The Hall–Kier alpha value is -3.81. The van der Waals surface area contributed by atoms with E-state index in [0.29, 0.717) is 36.9 Å². The number of aromatic amines is 1. The van der Waals surface area contributed by atoms with Gasteiger partial charge in [-0.2, -0.15) is 5.10 Å². The lowest BCUT2D eigenvalue weighted by molar-refractivity contribution is 0.0678. The first kappa shape index (κ1) is 19.2. The van der Waals surface area contributed by atoms with Crippen LogP contribution in [0.15, 0.2) is 66.0 Å². The fraction of sp³-hybridized carbons (Fsp3) is 0.261. The van der Waals surface area contributed by atoms with Gasteiger partial charge in [-0.05, 0) is 37.0 Å². The van der Waals surface area contributed by atoms with Gasteiger partial charge >= 0.3 is 0 Å². The number of amides is 1. The summed E-state index contributed by atoms with van der Waals surface area (Å²) < 4.78 is 1.66. The predicted molar refractivity (Wildman–Crippen MR) is 116 cm³/mol. The summed E-state index contributed by atoms with van der Waals surface area (Å²) in [5, 5.41) is 8.00.